The van der Waals surface area contributed by atoms with Crippen LogP contribution < -0.4 is 5.32 Å². The Bertz CT molecular complexity index is 219. The van der Waals surface area contributed by atoms with Gasteiger partial charge in [0, 0.05) is 12.6 Å². The molecule has 0 aromatic carbocycles. The zero-order valence-corrected chi connectivity index (χ0v) is 12.3. The Hall–Kier alpha value is -0.0800. The van der Waals surface area contributed by atoms with Gasteiger partial charge in [0.15, 0.2) is 0 Å². The molecule has 106 valence electrons. The quantitative estimate of drug-likeness (QED) is 0.746. The van der Waals surface area contributed by atoms with Crippen LogP contribution in [-0.2, 0) is 4.74 Å². The van der Waals surface area contributed by atoms with Crippen molar-refractivity contribution in [3.05, 3.63) is 0 Å². The van der Waals surface area contributed by atoms with E-state index in [1.165, 1.54) is 57.8 Å². The minimum Gasteiger partial charge on any atom is -0.378 e. The predicted molar refractivity (Wildman–Crippen MR) is 76.8 cm³/mol. The molecule has 2 saturated carbocycles. The Balaban J connectivity index is 1.63. The average molecular weight is 253 g/mol. The SMILES string of the molecule is CCOC1CC(CC(CC2CCCCC2)NC)C1. The molecule has 18 heavy (non-hydrogen) atoms. The fourth-order valence-corrected chi connectivity index (χ4v) is 3.80. The van der Waals surface area contributed by atoms with Crippen molar-refractivity contribution in [1.82, 2.24) is 5.32 Å². The third kappa shape index (κ3) is 4.24. The molecule has 2 aliphatic carbocycles. The standard InChI is InChI=1S/C16H31NO/c1-3-18-16-11-14(12-16)10-15(17-2)9-13-7-5-4-6-8-13/h13-17H,3-12H2,1-2H3. The Morgan fingerprint density at radius 2 is 1.72 bits per heavy atom. The van der Waals surface area contributed by atoms with Crippen molar-refractivity contribution in [2.24, 2.45) is 11.8 Å². The Morgan fingerprint density at radius 3 is 2.33 bits per heavy atom. The first-order valence-corrected chi connectivity index (χ1v) is 8.10. The minimum atomic E-state index is 0.576. The molecule has 0 bridgehead atoms. The van der Waals surface area contributed by atoms with E-state index in [1.807, 2.05) is 0 Å². The summed E-state index contributed by atoms with van der Waals surface area (Å²) in [6.07, 6.45) is 13.3. The van der Waals surface area contributed by atoms with Crippen LogP contribution in [0, 0.1) is 11.8 Å². The third-order valence-electron chi connectivity index (χ3n) is 4.96. The maximum absolute atomic E-state index is 5.65. The molecule has 0 amide bonds. The van der Waals surface area contributed by atoms with Crippen molar-refractivity contribution in [3.8, 4) is 0 Å². The minimum absolute atomic E-state index is 0.576. The highest BCUT2D eigenvalue weighted by atomic mass is 16.5. The van der Waals surface area contributed by atoms with Crippen molar-refractivity contribution in [2.75, 3.05) is 13.7 Å². The van der Waals surface area contributed by atoms with E-state index in [-0.39, 0.29) is 0 Å². The van der Waals surface area contributed by atoms with E-state index in [0.717, 1.165) is 24.5 Å². The van der Waals surface area contributed by atoms with Gasteiger partial charge in [-0.3, -0.25) is 0 Å². The molecule has 0 spiro atoms. The van der Waals surface area contributed by atoms with Crippen LogP contribution >= 0.6 is 0 Å². The smallest absolute Gasteiger partial charge is 0.0580 e. The fourth-order valence-electron chi connectivity index (χ4n) is 3.80. The van der Waals surface area contributed by atoms with Crippen molar-refractivity contribution in [1.29, 1.82) is 0 Å². The second-order valence-electron chi connectivity index (χ2n) is 6.38. The summed E-state index contributed by atoms with van der Waals surface area (Å²) in [5.41, 5.74) is 0. The van der Waals surface area contributed by atoms with Gasteiger partial charge in [-0.25, -0.2) is 0 Å². The summed E-state index contributed by atoms with van der Waals surface area (Å²) in [5, 5.41) is 3.55. The highest BCUT2D eigenvalue weighted by Gasteiger charge is 2.31. The lowest BCUT2D eigenvalue weighted by Gasteiger charge is -2.38. The van der Waals surface area contributed by atoms with E-state index in [2.05, 4.69) is 19.3 Å². The van der Waals surface area contributed by atoms with Gasteiger partial charge in [0.05, 0.1) is 6.10 Å². The van der Waals surface area contributed by atoms with Crippen LogP contribution in [0.4, 0.5) is 0 Å². The van der Waals surface area contributed by atoms with Crippen molar-refractivity contribution < 1.29 is 4.74 Å². The van der Waals surface area contributed by atoms with Crippen LogP contribution in [0.3, 0.4) is 0 Å². The number of ether oxygens (including phenoxy) is 1. The normalized spacial score (nSPS) is 31.0. The van der Waals surface area contributed by atoms with Crippen LogP contribution in [0.2, 0.25) is 0 Å². The predicted octanol–water partition coefficient (Wildman–Crippen LogP) is 3.75. The molecule has 2 aliphatic rings. The van der Waals surface area contributed by atoms with E-state index < -0.39 is 0 Å². The molecule has 0 heterocycles. The molecule has 2 fully saturated rings. The van der Waals surface area contributed by atoms with Gasteiger partial charge in [-0.1, -0.05) is 32.1 Å². The molecule has 0 radical (unpaired) electrons. The van der Waals surface area contributed by atoms with Gasteiger partial charge in [0.1, 0.15) is 0 Å². The summed E-state index contributed by atoms with van der Waals surface area (Å²) >= 11 is 0. The van der Waals surface area contributed by atoms with Gasteiger partial charge in [0.2, 0.25) is 0 Å². The number of nitrogens with one attached hydrogen (secondary N) is 1. The first kappa shape index (κ1) is 14.3. The van der Waals surface area contributed by atoms with E-state index >= 15 is 0 Å². The van der Waals surface area contributed by atoms with E-state index in [0.29, 0.717) is 6.10 Å². The van der Waals surface area contributed by atoms with Crippen molar-refractivity contribution >= 4 is 0 Å². The molecule has 2 rings (SSSR count). The summed E-state index contributed by atoms with van der Waals surface area (Å²) in [4.78, 5) is 0. The monoisotopic (exact) mass is 253 g/mol. The second kappa shape index (κ2) is 7.49. The summed E-state index contributed by atoms with van der Waals surface area (Å²) in [5.74, 6) is 1.92. The van der Waals surface area contributed by atoms with E-state index in [9.17, 15) is 0 Å². The van der Waals surface area contributed by atoms with Gasteiger partial charge in [-0.2, -0.15) is 0 Å². The lowest BCUT2D eigenvalue weighted by atomic mass is 9.75. The van der Waals surface area contributed by atoms with Gasteiger partial charge in [-0.05, 0) is 51.5 Å². The van der Waals surface area contributed by atoms with Crippen molar-refractivity contribution in [2.45, 2.75) is 76.9 Å². The summed E-state index contributed by atoms with van der Waals surface area (Å²) < 4.78 is 5.65. The van der Waals surface area contributed by atoms with Crippen LogP contribution in [0.5, 0.6) is 0 Å². The van der Waals surface area contributed by atoms with Crippen LogP contribution in [-0.4, -0.2) is 25.8 Å². The Morgan fingerprint density at radius 1 is 1.06 bits per heavy atom. The zero-order valence-electron chi connectivity index (χ0n) is 12.3. The molecule has 2 nitrogen and oxygen atoms in total. The first-order chi connectivity index (χ1) is 8.81. The van der Waals surface area contributed by atoms with Gasteiger partial charge >= 0.3 is 0 Å². The second-order valence-corrected chi connectivity index (χ2v) is 6.38. The highest BCUT2D eigenvalue weighted by molar-refractivity contribution is 4.85. The number of hydrogen-bond donors (Lipinski definition) is 1. The Kier molecular flexibility index (Phi) is 5.97. The Labute approximate surface area is 113 Å². The molecule has 0 aliphatic heterocycles. The highest BCUT2D eigenvalue weighted by Crippen LogP contribution is 2.35. The topological polar surface area (TPSA) is 21.3 Å². The molecular formula is C16H31NO. The van der Waals surface area contributed by atoms with Crippen molar-refractivity contribution in [3.63, 3.8) is 0 Å². The molecule has 1 atom stereocenters. The lowest BCUT2D eigenvalue weighted by Crippen LogP contribution is -2.38. The molecule has 2 heteroatoms. The van der Waals surface area contributed by atoms with Crippen LogP contribution in [0.15, 0.2) is 0 Å². The van der Waals surface area contributed by atoms with Gasteiger partial charge in [-0.15, -0.1) is 0 Å². The molecule has 1 unspecified atom stereocenters. The van der Waals surface area contributed by atoms with Crippen LogP contribution in [0.1, 0.15) is 64.7 Å². The first-order valence-electron chi connectivity index (χ1n) is 8.10. The average Bonchev–Trinajstić information content (AvgIpc) is 2.36. The molecule has 1 N–H and O–H groups in total. The molecule has 0 aromatic heterocycles. The van der Waals surface area contributed by atoms with Gasteiger partial charge < -0.3 is 10.1 Å². The van der Waals surface area contributed by atoms with E-state index in [1.54, 1.807) is 0 Å². The largest absolute Gasteiger partial charge is 0.378 e. The zero-order chi connectivity index (χ0) is 12.8. The maximum atomic E-state index is 5.65. The number of hydrogen-bond acceptors (Lipinski definition) is 2. The van der Waals surface area contributed by atoms with Crippen LogP contribution in [0.25, 0.3) is 0 Å². The van der Waals surface area contributed by atoms with E-state index in [4.69, 9.17) is 4.74 Å². The van der Waals surface area contributed by atoms with Gasteiger partial charge in [0.25, 0.3) is 0 Å². The molecule has 0 saturated heterocycles. The lowest BCUT2D eigenvalue weighted by molar-refractivity contribution is -0.0295. The third-order valence-corrected chi connectivity index (χ3v) is 4.96. The summed E-state index contributed by atoms with van der Waals surface area (Å²) in [7, 11) is 2.15. The molecule has 0 aromatic rings. The molecular weight excluding hydrogens is 222 g/mol. The fraction of sp³-hybridized carbons (Fsp3) is 1.00. The number of rotatable bonds is 7. The summed E-state index contributed by atoms with van der Waals surface area (Å²) in [6, 6.07) is 0.751. The summed E-state index contributed by atoms with van der Waals surface area (Å²) in [6.45, 7) is 2.99. The maximum Gasteiger partial charge on any atom is 0.0580 e.